The van der Waals surface area contributed by atoms with Gasteiger partial charge in [-0.25, -0.2) is 0 Å². The molecule has 2 aliphatic heterocycles. The van der Waals surface area contributed by atoms with Crippen LogP contribution in [-0.2, 0) is 18.9 Å². The second-order valence-corrected chi connectivity index (χ2v) is 6.75. The minimum absolute atomic E-state index is 0.0112. The molecule has 0 saturated carbocycles. The third-order valence-electron chi connectivity index (χ3n) is 4.20. The molecule has 2 saturated heterocycles. The smallest absolute Gasteiger partial charge is 0.214 e. The lowest BCUT2D eigenvalue weighted by atomic mass is 10.0. The summed E-state index contributed by atoms with van der Waals surface area (Å²) in [6.07, 6.45) is -8.21. The van der Waals surface area contributed by atoms with Crippen molar-refractivity contribution < 1.29 is 39.4 Å². The maximum Gasteiger partial charge on any atom is 0.214 e. The molecule has 9 atom stereocenters. The van der Waals surface area contributed by atoms with E-state index >= 15 is 0 Å². The number of alkyl halides is 3. The summed E-state index contributed by atoms with van der Waals surface area (Å²) in [7, 11) is 1.37. The molecule has 142 valence electrons. The van der Waals surface area contributed by atoms with Crippen LogP contribution in [0.5, 0.6) is 0 Å². The first-order valence-corrected chi connectivity index (χ1v) is 8.80. The Morgan fingerprint density at radius 2 is 1.79 bits per heavy atom. The zero-order valence-corrected chi connectivity index (χ0v) is 15.1. The number of ether oxygens (including phenoxy) is 4. The van der Waals surface area contributed by atoms with E-state index in [-0.39, 0.29) is 11.8 Å². The first-order chi connectivity index (χ1) is 11.3. The highest BCUT2D eigenvalue weighted by Gasteiger charge is 2.58. The van der Waals surface area contributed by atoms with E-state index < -0.39 is 60.7 Å². The maximum absolute atomic E-state index is 10.5. The number of hydrogen-bond acceptors (Lipinski definition) is 8. The lowest BCUT2D eigenvalue weighted by Gasteiger charge is -2.43. The summed E-state index contributed by atoms with van der Waals surface area (Å²) in [5, 5.41) is 38.8. The van der Waals surface area contributed by atoms with Crippen molar-refractivity contribution in [1.29, 1.82) is 0 Å². The van der Waals surface area contributed by atoms with Gasteiger partial charge in [-0.15, -0.1) is 34.8 Å². The van der Waals surface area contributed by atoms with Gasteiger partial charge < -0.3 is 39.4 Å². The fraction of sp³-hybridized carbons (Fsp3) is 1.00. The van der Waals surface area contributed by atoms with E-state index in [4.69, 9.17) is 53.8 Å². The van der Waals surface area contributed by atoms with Crippen LogP contribution in [0.3, 0.4) is 0 Å². The molecule has 0 bridgehead atoms. The lowest BCUT2D eigenvalue weighted by Crippen LogP contribution is -2.61. The van der Waals surface area contributed by atoms with Crippen LogP contribution in [0.2, 0.25) is 0 Å². The van der Waals surface area contributed by atoms with Gasteiger partial charge in [-0.1, -0.05) is 0 Å². The number of aliphatic hydroxyl groups is 4. The zero-order valence-electron chi connectivity index (χ0n) is 12.8. The number of aliphatic hydroxyl groups excluding tert-OH is 4. The predicted molar refractivity (Wildman–Crippen MR) is 84.3 cm³/mol. The van der Waals surface area contributed by atoms with Gasteiger partial charge in [-0.05, 0) is 0 Å². The Hall–Kier alpha value is 0.550. The molecule has 2 rings (SSSR count). The van der Waals surface area contributed by atoms with Gasteiger partial charge in [0.2, 0.25) is 5.79 Å². The van der Waals surface area contributed by atoms with Crippen molar-refractivity contribution in [3.05, 3.63) is 0 Å². The predicted octanol–water partition coefficient (Wildman–Crippen LogP) is -1.00. The monoisotopic (exact) mass is 410 g/mol. The Balaban J connectivity index is 2.20. The summed E-state index contributed by atoms with van der Waals surface area (Å²) in [6.45, 7) is -0.500. The van der Waals surface area contributed by atoms with E-state index in [1.807, 2.05) is 0 Å². The van der Waals surface area contributed by atoms with Gasteiger partial charge in [0.05, 0.1) is 23.7 Å². The second kappa shape index (κ2) is 8.49. The van der Waals surface area contributed by atoms with E-state index in [2.05, 4.69) is 0 Å². The van der Waals surface area contributed by atoms with Crippen molar-refractivity contribution in [3.63, 3.8) is 0 Å². The molecular formula is C13H21Cl3O8. The Morgan fingerprint density at radius 3 is 2.25 bits per heavy atom. The van der Waals surface area contributed by atoms with Crippen LogP contribution in [0.1, 0.15) is 0 Å². The summed E-state index contributed by atoms with van der Waals surface area (Å²) in [4.78, 5) is 0. The molecular weight excluding hydrogens is 390 g/mol. The van der Waals surface area contributed by atoms with Gasteiger partial charge in [0.15, 0.2) is 6.29 Å². The Bertz CT molecular complexity index is 417. The minimum Gasteiger partial charge on any atom is -0.394 e. The summed E-state index contributed by atoms with van der Waals surface area (Å²) < 4.78 is 21.7. The van der Waals surface area contributed by atoms with Gasteiger partial charge in [0.25, 0.3) is 0 Å². The molecule has 0 aromatic rings. The highest BCUT2D eigenvalue weighted by atomic mass is 35.5. The fourth-order valence-corrected chi connectivity index (χ4v) is 3.63. The van der Waals surface area contributed by atoms with E-state index in [0.29, 0.717) is 0 Å². The summed E-state index contributed by atoms with van der Waals surface area (Å²) in [6, 6.07) is 0. The normalized spacial score (nSPS) is 49.5. The summed E-state index contributed by atoms with van der Waals surface area (Å²) in [5.41, 5.74) is 0. The molecule has 0 aliphatic carbocycles. The molecule has 0 aromatic carbocycles. The number of methoxy groups -OCH3 is 1. The minimum atomic E-state index is -1.77. The van der Waals surface area contributed by atoms with Gasteiger partial charge >= 0.3 is 0 Å². The van der Waals surface area contributed by atoms with Gasteiger partial charge in [0, 0.05) is 7.11 Å². The molecule has 0 aromatic heterocycles. The summed E-state index contributed by atoms with van der Waals surface area (Å²) in [5.74, 6) is -2.08. The standard InChI is InChI=1S/C13H21Cl3O8/c1-21-10-5(2-14)23-13(4-15,11(10)20)24-12-9(19)8(18)7(16)6(3-17)22-12/h5-12,17-20H,2-4H2,1H3/t5-,6-,7+,8+,9-,10-,11+,12?,13?/m1/s1. The molecule has 0 radical (unpaired) electrons. The molecule has 4 N–H and O–H groups in total. The van der Waals surface area contributed by atoms with Gasteiger partial charge in [-0.2, -0.15) is 0 Å². The molecule has 0 spiro atoms. The van der Waals surface area contributed by atoms with E-state index in [1.54, 1.807) is 0 Å². The molecule has 8 nitrogen and oxygen atoms in total. The largest absolute Gasteiger partial charge is 0.394 e. The first kappa shape index (κ1) is 20.9. The van der Waals surface area contributed by atoms with Crippen LogP contribution in [0.4, 0.5) is 0 Å². The Labute approximate surface area is 154 Å². The molecule has 24 heavy (non-hydrogen) atoms. The van der Waals surface area contributed by atoms with Crippen LogP contribution in [0.15, 0.2) is 0 Å². The van der Waals surface area contributed by atoms with Crippen LogP contribution in [0, 0.1) is 0 Å². The molecule has 0 amide bonds. The Morgan fingerprint density at radius 1 is 1.12 bits per heavy atom. The average Bonchev–Trinajstić information content (AvgIpc) is 2.87. The van der Waals surface area contributed by atoms with Crippen LogP contribution in [-0.4, -0.2) is 100.0 Å². The maximum atomic E-state index is 10.5. The van der Waals surface area contributed by atoms with Crippen LogP contribution >= 0.6 is 34.8 Å². The van der Waals surface area contributed by atoms with Gasteiger partial charge in [0.1, 0.15) is 36.6 Å². The molecule has 2 aliphatic rings. The van der Waals surface area contributed by atoms with Crippen LogP contribution < -0.4 is 0 Å². The number of rotatable bonds is 6. The van der Waals surface area contributed by atoms with Gasteiger partial charge in [-0.3, -0.25) is 0 Å². The molecule has 11 heteroatoms. The van der Waals surface area contributed by atoms with Crippen molar-refractivity contribution >= 4 is 34.8 Å². The molecule has 2 heterocycles. The third kappa shape index (κ3) is 3.65. The van der Waals surface area contributed by atoms with Crippen LogP contribution in [0.25, 0.3) is 0 Å². The molecule has 2 unspecified atom stereocenters. The topological polar surface area (TPSA) is 118 Å². The number of hydrogen-bond donors (Lipinski definition) is 4. The molecule has 2 fully saturated rings. The lowest BCUT2D eigenvalue weighted by molar-refractivity contribution is -0.357. The number of halogens is 3. The zero-order chi connectivity index (χ0) is 18.1. The first-order valence-electron chi connectivity index (χ1n) is 7.30. The Kier molecular flexibility index (Phi) is 7.38. The quantitative estimate of drug-likeness (QED) is 0.411. The average molecular weight is 412 g/mol. The van der Waals surface area contributed by atoms with Crippen molar-refractivity contribution in [2.75, 3.05) is 25.5 Å². The van der Waals surface area contributed by atoms with E-state index in [0.717, 1.165) is 0 Å². The van der Waals surface area contributed by atoms with E-state index in [9.17, 15) is 20.4 Å². The highest BCUT2D eigenvalue weighted by molar-refractivity contribution is 6.21. The summed E-state index contributed by atoms with van der Waals surface area (Å²) >= 11 is 17.6. The van der Waals surface area contributed by atoms with Crippen molar-refractivity contribution in [2.45, 2.75) is 54.1 Å². The SMILES string of the molecule is CO[C@@H]1[C@@H](CCl)OC(CCl)(OC2O[C@H](CO)[C@H](Cl)[C@H](O)[C@H]2O)[C@H]1O. The van der Waals surface area contributed by atoms with Crippen molar-refractivity contribution in [1.82, 2.24) is 0 Å². The third-order valence-corrected chi connectivity index (χ3v) is 5.42. The van der Waals surface area contributed by atoms with Crippen molar-refractivity contribution in [3.8, 4) is 0 Å². The second-order valence-electron chi connectivity index (χ2n) is 5.67. The van der Waals surface area contributed by atoms with E-state index in [1.165, 1.54) is 7.11 Å². The fourth-order valence-electron chi connectivity index (χ4n) is 2.82. The highest BCUT2D eigenvalue weighted by Crippen LogP contribution is 2.38. The van der Waals surface area contributed by atoms with Crippen molar-refractivity contribution in [2.24, 2.45) is 0 Å².